The molecule has 19 heavy (non-hydrogen) atoms. The summed E-state index contributed by atoms with van der Waals surface area (Å²) >= 11 is 0. The molecule has 1 aromatic carbocycles. The molecule has 1 aliphatic heterocycles. The van der Waals surface area contributed by atoms with Gasteiger partial charge in [0.25, 0.3) is 0 Å². The summed E-state index contributed by atoms with van der Waals surface area (Å²) in [5.41, 5.74) is 2.41. The van der Waals surface area contributed by atoms with Crippen LogP contribution >= 0.6 is 0 Å². The van der Waals surface area contributed by atoms with E-state index < -0.39 is 5.97 Å². The molecule has 3 rings (SSSR count). The third kappa shape index (κ3) is 1.93. The van der Waals surface area contributed by atoms with Gasteiger partial charge in [-0.25, -0.2) is 9.18 Å². The van der Waals surface area contributed by atoms with Crippen LogP contribution in [0.2, 0.25) is 0 Å². The molecule has 1 N–H and O–H groups in total. The van der Waals surface area contributed by atoms with Crippen molar-refractivity contribution < 1.29 is 14.3 Å². The number of hydrogen-bond donors (Lipinski definition) is 1. The third-order valence-corrected chi connectivity index (χ3v) is 3.26. The van der Waals surface area contributed by atoms with Crippen molar-refractivity contribution in [2.45, 2.75) is 6.42 Å². The molecule has 0 bridgehead atoms. The number of rotatable bonds is 2. The van der Waals surface area contributed by atoms with Crippen LogP contribution in [-0.4, -0.2) is 22.6 Å². The first-order valence-electron chi connectivity index (χ1n) is 5.90. The van der Waals surface area contributed by atoms with E-state index in [1.165, 1.54) is 30.6 Å². The quantitative estimate of drug-likeness (QED) is 0.899. The second-order valence-corrected chi connectivity index (χ2v) is 4.37. The number of nitrogens with zero attached hydrogens (tertiary/aromatic N) is 2. The number of carboxylic acids is 1. The van der Waals surface area contributed by atoms with Gasteiger partial charge in [0.05, 0.1) is 17.4 Å². The SMILES string of the molecule is O=C(O)c1ccncc1N1CCc2ccc(F)cc21. The Balaban J connectivity index is 2.11. The van der Waals surface area contributed by atoms with Crippen molar-refractivity contribution in [1.29, 1.82) is 0 Å². The average molecular weight is 258 g/mol. The minimum absolute atomic E-state index is 0.173. The predicted octanol–water partition coefficient (Wildman–Crippen LogP) is 2.61. The maximum atomic E-state index is 13.4. The highest BCUT2D eigenvalue weighted by atomic mass is 19.1. The van der Waals surface area contributed by atoms with Crippen LogP contribution in [0.15, 0.2) is 36.7 Å². The highest BCUT2D eigenvalue weighted by Crippen LogP contribution is 2.36. The Kier molecular flexibility index (Phi) is 2.67. The first kappa shape index (κ1) is 11.6. The van der Waals surface area contributed by atoms with Gasteiger partial charge in [0, 0.05) is 18.4 Å². The maximum Gasteiger partial charge on any atom is 0.337 e. The molecule has 0 amide bonds. The maximum absolute atomic E-state index is 13.4. The van der Waals surface area contributed by atoms with Crippen LogP contribution in [0.25, 0.3) is 0 Å². The normalized spacial score (nSPS) is 13.4. The topological polar surface area (TPSA) is 53.4 Å². The van der Waals surface area contributed by atoms with Gasteiger partial charge in [-0.15, -0.1) is 0 Å². The summed E-state index contributed by atoms with van der Waals surface area (Å²) in [5.74, 6) is -1.34. The van der Waals surface area contributed by atoms with Gasteiger partial charge in [-0.1, -0.05) is 6.07 Å². The molecule has 96 valence electrons. The van der Waals surface area contributed by atoms with Gasteiger partial charge < -0.3 is 10.0 Å². The van der Waals surface area contributed by atoms with Gasteiger partial charge in [0.15, 0.2) is 0 Å². The number of anilines is 2. The summed E-state index contributed by atoms with van der Waals surface area (Å²) in [7, 11) is 0. The lowest BCUT2D eigenvalue weighted by Crippen LogP contribution is -2.17. The fourth-order valence-electron chi connectivity index (χ4n) is 2.38. The fourth-order valence-corrected chi connectivity index (χ4v) is 2.38. The van der Waals surface area contributed by atoms with Crippen LogP contribution in [0, 0.1) is 5.82 Å². The Morgan fingerprint density at radius 1 is 1.32 bits per heavy atom. The molecule has 0 atom stereocenters. The van der Waals surface area contributed by atoms with Gasteiger partial charge in [0.1, 0.15) is 5.82 Å². The molecule has 1 aliphatic rings. The lowest BCUT2D eigenvalue weighted by molar-refractivity contribution is 0.0697. The van der Waals surface area contributed by atoms with E-state index >= 15 is 0 Å². The monoisotopic (exact) mass is 258 g/mol. The summed E-state index contributed by atoms with van der Waals surface area (Å²) in [6.45, 7) is 0.630. The molecule has 2 aromatic rings. The predicted molar refractivity (Wildman–Crippen MR) is 68.3 cm³/mol. The highest BCUT2D eigenvalue weighted by Gasteiger charge is 2.24. The zero-order valence-corrected chi connectivity index (χ0v) is 10.0. The number of aromatic carboxylic acids is 1. The van der Waals surface area contributed by atoms with E-state index in [1.807, 2.05) is 0 Å². The number of carboxylic acid groups (broad SMARTS) is 1. The molecular formula is C14H11FN2O2. The molecular weight excluding hydrogens is 247 g/mol. The smallest absolute Gasteiger partial charge is 0.337 e. The third-order valence-electron chi connectivity index (χ3n) is 3.26. The second-order valence-electron chi connectivity index (χ2n) is 4.37. The Bertz CT molecular complexity index is 658. The molecule has 0 fully saturated rings. The van der Waals surface area contributed by atoms with Crippen LogP contribution in [-0.2, 0) is 6.42 Å². The summed E-state index contributed by atoms with van der Waals surface area (Å²) in [6, 6.07) is 6.04. The lowest BCUT2D eigenvalue weighted by Gasteiger charge is -2.20. The Labute approximate surface area is 109 Å². The van der Waals surface area contributed by atoms with E-state index in [-0.39, 0.29) is 11.4 Å². The number of pyridine rings is 1. The van der Waals surface area contributed by atoms with E-state index in [0.29, 0.717) is 12.2 Å². The molecule has 5 heteroatoms. The molecule has 0 saturated heterocycles. The average Bonchev–Trinajstić information content (AvgIpc) is 2.81. The second kappa shape index (κ2) is 4.35. The van der Waals surface area contributed by atoms with Crippen molar-refractivity contribution in [3.05, 3.63) is 53.6 Å². The molecule has 0 aliphatic carbocycles. The first-order chi connectivity index (χ1) is 9.16. The molecule has 0 saturated carbocycles. The van der Waals surface area contributed by atoms with Crippen molar-refractivity contribution in [2.24, 2.45) is 0 Å². The van der Waals surface area contributed by atoms with E-state index in [2.05, 4.69) is 4.98 Å². The zero-order valence-electron chi connectivity index (χ0n) is 10.0. The van der Waals surface area contributed by atoms with Crippen molar-refractivity contribution in [3.8, 4) is 0 Å². The molecule has 1 aromatic heterocycles. The fraction of sp³-hybridized carbons (Fsp3) is 0.143. The number of benzene rings is 1. The van der Waals surface area contributed by atoms with Crippen molar-refractivity contribution in [2.75, 3.05) is 11.4 Å². The standard InChI is InChI=1S/C14H11FN2O2/c15-10-2-1-9-4-6-17(12(9)7-10)13-8-16-5-3-11(13)14(18)19/h1-3,5,7-8H,4,6H2,(H,18,19). The molecule has 2 heterocycles. The number of hydrogen-bond acceptors (Lipinski definition) is 3. The summed E-state index contributed by atoms with van der Waals surface area (Å²) in [5, 5.41) is 9.20. The number of carbonyl (C=O) groups is 1. The van der Waals surface area contributed by atoms with Crippen molar-refractivity contribution >= 4 is 17.3 Å². The molecule has 0 unspecified atom stereocenters. The number of fused-ring (bicyclic) bond motifs is 1. The van der Waals surface area contributed by atoms with Crippen molar-refractivity contribution in [3.63, 3.8) is 0 Å². The van der Waals surface area contributed by atoms with Crippen LogP contribution in [0.3, 0.4) is 0 Å². The number of halogens is 1. The zero-order chi connectivity index (χ0) is 13.4. The minimum Gasteiger partial charge on any atom is -0.478 e. The largest absolute Gasteiger partial charge is 0.478 e. The summed E-state index contributed by atoms with van der Waals surface area (Å²) < 4.78 is 13.4. The summed E-state index contributed by atoms with van der Waals surface area (Å²) in [4.78, 5) is 17.0. The highest BCUT2D eigenvalue weighted by molar-refractivity contribution is 5.95. The van der Waals surface area contributed by atoms with E-state index in [0.717, 1.165) is 17.7 Å². The minimum atomic E-state index is -1.01. The van der Waals surface area contributed by atoms with Gasteiger partial charge in [-0.2, -0.15) is 0 Å². The first-order valence-corrected chi connectivity index (χ1v) is 5.90. The lowest BCUT2D eigenvalue weighted by atomic mass is 10.1. The molecule has 0 radical (unpaired) electrons. The molecule has 4 nitrogen and oxygen atoms in total. The number of aromatic nitrogens is 1. The van der Waals surface area contributed by atoms with Crippen LogP contribution < -0.4 is 4.90 Å². The van der Waals surface area contributed by atoms with E-state index in [9.17, 15) is 14.3 Å². The van der Waals surface area contributed by atoms with Gasteiger partial charge in [0.2, 0.25) is 0 Å². The van der Waals surface area contributed by atoms with Crippen LogP contribution in [0.1, 0.15) is 15.9 Å². The van der Waals surface area contributed by atoms with Gasteiger partial charge in [-0.3, -0.25) is 4.98 Å². The molecule has 0 spiro atoms. The van der Waals surface area contributed by atoms with Crippen molar-refractivity contribution in [1.82, 2.24) is 4.98 Å². The van der Waals surface area contributed by atoms with Crippen LogP contribution in [0.5, 0.6) is 0 Å². The van der Waals surface area contributed by atoms with Gasteiger partial charge >= 0.3 is 5.97 Å². The Morgan fingerprint density at radius 2 is 2.16 bits per heavy atom. The van der Waals surface area contributed by atoms with E-state index in [1.54, 1.807) is 11.0 Å². The summed E-state index contributed by atoms with van der Waals surface area (Å²) in [6.07, 6.45) is 3.71. The van der Waals surface area contributed by atoms with Crippen LogP contribution in [0.4, 0.5) is 15.8 Å². The Hall–Kier alpha value is -2.43. The van der Waals surface area contributed by atoms with E-state index in [4.69, 9.17) is 0 Å². The van der Waals surface area contributed by atoms with Gasteiger partial charge in [-0.05, 0) is 30.2 Å². The Morgan fingerprint density at radius 3 is 2.95 bits per heavy atom.